The lowest BCUT2D eigenvalue weighted by Gasteiger charge is -2.22. The Hall–Kier alpha value is -2.01. The zero-order valence-corrected chi connectivity index (χ0v) is 16.2. The smallest absolute Gasteiger partial charge is 0.0946 e. The normalized spacial score (nSPS) is 12.6. The molecule has 0 N–H and O–H groups in total. The van der Waals surface area contributed by atoms with Gasteiger partial charge in [-0.2, -0.15) is 5.26 Å². The summed E-state index contributed by atoms with van der Waals surface area (Å²) in [6.45, 7) is 14.8. The summed E-state index contributed by atoms with van der Waals surface area (Å²) < 4.78 is 0. The lowest BCUT2D eigenvalue weighted by atomic mass is 9.93. The van der Waals surface area contributed by atoms with Crippen LogP contribution in [0.1, 0.15) is 65.0 Å². The Morgan fingerprint density at radius 1 is 1.17 bits per heavy atom. The van der Waals surface area contributed by atoms with Gasteiger partial charge in [0.2, 0.25) is 0 Å². The third-order valence-electron chi connectivity index (χ3n) is 4.63. The van der Waals surface area contributed by atoms with Gasteiger partial charge in [-0.15, -0.1) is 0 Å². The second kappa shape index (κ2) is 9.98. The predicted octanol–water partition coefficient (Wildman–Crippen LogP) is 6.27. The fourth-order valence-electron chi connectivity index (χ4n) is 2.90. The topological polar surface area (TPSA) is 27.0 Å². The maximum atomic E-state index is 9.13. The summed E-state index contributed by atoms with van der Waals surface area (Å²) in [4.78, 5) is 2.37. The SMILES string of the molecule is CCCC/C(=C/C(C)=C(/C)C#N)c1ccc(N(CC)CC)cc1C. The van der Waals surface area contributed by atoms with Gasteiger partial charge in [0.1, 0.15) is 0 Å². The number of hydrogen-bond donors (Lipinski definition) is 0. The Labute approximate surface area is 148 Å². The van der Waals surface area contributed by atoms with Crippen LogP contribution in [0, 0.1) is 18.3 Å². The third-order valence-corrected chi connectivity index (χ3v) is 4.63. The van der Waals surface area contributed by atoms with Crippen LogP contribution in [0.3, 0.4) is 0 Å². The summed E-state index contributed by atoms with van der Waals surface area (Å²) in [5.41, 5.74) is 7.11. The van der Waals surface area contributed by atoms with Gasteiger partial charge >= 0.3 is 0 Å². The van der Waals surface area contributed by atoms with E-state index in [1.807, 2.05) is 13.8 Å². The van der Waals surface area contributed by atoms with Crippen LogP contribution in [0.4, 0.5) is 5.69 Å². The van der Waals surface area contributed by atoms with Crippen LogP contribution in [0.15, 0.2) is 35.4 Å². The van der Waals surface area contributed by atoms with Crippen LogP contribution >= 0.6 is 0 Å². The fourth-order valence-corrected chi connectivity index (χ4v) is 2.90. The highest BCUT2D eigenvalue weighted by Gasteiger charge is 2.09. The highest BCUT2D eigenvalue weighted by molar-refractivity contribution is 5.72. The molecule has 130 valence electrons. The van der Waals surface area contributed by atoms with Gasteiger partial charge < -0.3 is 4.90 Å². The zero-order chi connectivity index (χ0) is 18.1. The van der Waals surface area contributed by atoms with E-state index in [1.54, 1.807) is 0 Å². The van der Waals surface area contributed by atoms with Crippen LogP contribution in [-0.4, -0.2) is 13.1 Å². The second-order valence-electron chi connectivity index (χ2n) is 6.36. The number of hydrogen-bond acceptors (Lipinski definition) is 2. The van der Waals surface area contributed by atoms with E-state index >= 15 is 0 Å². The van der Waals surface area contributed by atoms with Gasteiger partial charge in [0.05, 0.1) is 6.07 Å². The number of nitrogens with zero attached hydrogens (tertiary/aromatic N) is 2. The molecule has 0 aliphatic rings. The zero-order valence-electron chi connectivity index (χ0n) is 16.2. The second-order valence-corrected chi connectivity index (χ2v) is 6.36. The summed E-state index contributed by atoms with van der Waals surface area (Å²) in [5, 5.41) is 9.13. The molecule has 0 bridgehead atoms. The van der Waals surface area contributed by atoms with Crippen molar-refractivity contribution in [2.75, 3.05) is 18.0 Å². The number of anilines is 1. The van der Waals surface area contributed by atoms with Crippen molar-refractivity contribution >= 4 is 11.3 Å². The van der Waals surface area contributed by atoms with Gasteiger partial charge in [-0.25, -0.2) is 0 Å². The molecule has 0 heterocycles. The quantitative estimate of drug-likeness (QED) is 0.416. The van der Waals surface area contributed by atoms with E-state index in [9.17, 15) is 0 Å². The average molecular weight is 325 g/mol. The molecule has 2 nitrogen and oxygen atoms in total. The summed E-state index contributed by atoms with van der Waals surface area (Å²) in [6.07, 6.45) is 5.60. The Bertz CT molecular complexity index is 640. The van der Waals surface area contributed by atoms with Crippen LogP contribution < -0.4 is 4.90 Å². The molecular formula is C22H32N2. The van der Waals surface area contributed by atoms with Gasteiger partial charge in [-0.1, -0.05) is 25.5 Å². The predicted molar refractivity (Wildman–Crippen MR) is 106 cm³/mol. The van der Waals surface area contributed by atoms with Crippen molar-refractivity contribution in [1.82, 2.24) is 0 Å². The van der Waals surface area contributed by atoms with Crippen molar-refractivity contribution in [1.29, 1.82) is 5.26 Å². The molecule has 1 rings (SSSR count). The van der Waals surface area contributed by atoms with Crippen LogP contribution in [0.2, 0.25) is 0 Å². The largest absolute Gasteiger partial charge is 0.372 e. The molecule has 0 fully saturated rings. The van der Waals surface area contributed by atoms with Crippen LogP contribution in [0.5, 0.6) is 0 Å². The molecule has 0 unspecified atom stereocenters. The van der Waals surface area contributed by atoms with Crippen molar-refractivity contribution < 1.29 is 0 Å². The highest BCUT2D eigenvalue weighted by atomic mass is 15.1. The van der Waals surface area contributed by atoms with Gasteiger partial charge in [0, 0.05) is 24.4 Å². The maximum Gasteiger partial charge on any atom is 0.0946 e. The van der Waals surface area contributed by atoms with E-state index in [1.165, 1.54) is 35.2 Å². The Morgan fingerprint density at radius 2 is 1.83 bits per heavy atom. The first-order valence-electron chi connectivity index (χ1n) is 9.12. The lowest BCUT2D eigenvalue weighted by molar-refractivity contribution is 0.823. The van der Waals surface area contributed by atoms with Crippen molar-refractivity contribution in [3.05, 3.63) is 46.5 Å². The van der Waals surface area contributed by atoms with E-state index in [0.717, 1.165) is 30.7 Å². The monoisotopic (exact) mass is 324 g/mol. The number of benzene rings is 1. The minimum atomic E-state index is 0.793. The molecule has 24 heavy (non-hydrogen) atoms. The van der Waals surface area contributed by atoms with Crippen molar-refractivity contribution in [3.63, 3.8) is 0 Å². The molecule has 0 saturated heterocycles. The van der Waals surface area contributed by atoms with Crippen molar-refractivity contribution in [3.8, 4) is 6.07 Å². The molecule has 0 saturated carbocycles. The van der Waals surface area contributed by atoms with E-state index in [0.29, 0.717) is 0 Å². The van der Waals surface area contributed by atoms with E-state index in [2.05, 4.69) is 62.9 Å². The molecule has 1 aromatic rings. The lowest BCUT2D eigenvalue weighted by Crippen LogP contribution is -2.21. The van der Waals surface area contributed by atoms with E-state index in [4.69, 9.17) is 5.26 Å². The standard InChI is InChI=1S/C22H32N2/c1-7-10-11-20(14-17(4)19(6)16-23)22-13-12-21(15-18(22)5)24(8-2)9-3/h12-15H,7-11H2,1-6H3/b19-17-,20-14-. The molecule has 2 heteroatoms. The fraction of sp³-hybridized carbons (Fsp3) is 0.500. The molecule has 0 aromatic heterocycles. The van der Waals surface area contributed by atoms with Gasteiger partial charge in [0.15, 0.2) is 0 Å². The van der Waals surface area contributed by atoms with Crippen molar-refractivity contribution in [2.45, 2.75) is 60.8 Å². The molecule has 0 aliphatic carbocycles. The average Bonchev–Trinajstić information content (AvgIpc) is 2.59. The molecule has 0 atom stereocenters. The molecule has 0 aliphatic heterocycles. The highest BCUT2D eigenvalue weighted by Crippen LogP contribution is 2.29. The van der Waals surface area contributed by atoms with Gasteiger partial charge in [-0.05, 0) is 81.9 Å². The number of unbranched alkanes of at least 4 members (excludes halogenated alkanes) is 1. The number of rotatable bonds is 8. The van der Waals surface area contributed by atoms with E-state index in [-0.39, 0.29) is 0 Å². The minimum Gasteiger partial charge on any atom is -0.372 e. The van der Waals surface area contributed by atoms with Crippen LogP contribution in [-0.2, 0) is 0 Å². The first kappa shape index (κ1) is 20.0. The third kappa shape index (κ3) is 5.27. The van der Waals surface area contributed by atoms with Crippen molar-refractivity contribution in [2.24, 2.45) is 0 Å². The summed E-state index contributed by atoms with van der Waals surface area (Å²) >= 11 is 0. The Kier molecular flexibility index (Phi) is 8.33. The first-order chi connectivity index (χ1) is 11.5. The maximum absolute atomic E-state index is 9.13. The summed E-state index contributed by atoms with van der Waals surface area (Å²) in [7, 11) is 0. The summed E-state index contributed by atoms with van der Waals surface area (Å²) in [6, 6.07) is 9.03. The number of nitriles is 1. The Balaban J connectivity index is 3.29. The number of aryl methyl sites for hydroxylation is 1. The molecule has 0 amide bonds. The molecular weight excluding hydrogens is 292 g/mol. The number of allylic oxidation sites excluding steroid dienone is 4. The van der Waals surface area contributed by atoms with Crippen LogP contribution in [0.25, 0.3) is 5.57 Å². The minimum absolute atomic E-state index is 0.793. The molecule has 0 radical (unpaired) electrons. The summed E-state index contributed by atoms with van der Waals surface area (Å²) in [5.74, 6) is 0. The first-order valence-corrected chi connectivity index (χ1v) is 9.12. The van der Waals surface area contributed by atoms with E-state index < -0.39 is 0 Å². The molecule has 0 spiro atoms. The van der Waals surface area contributed by atoms with Gasteiger partial charge in [0.25, 0.3) is 0 Å². The molecule has 1 aromatic carbocycles. The van der Waals surface area contributed by atoms with Gasteiger partial charge in [-0.3, -0.25) is 0 Å². The Morgan fingerprint density at radius 3 is 2.33 bits per heavy atom.